The van der Waals surface area contributed by atoms with E-state index in [0.29, 0.717) is 0 Å². The quantitative estimate of drug-likeness (QED) is 0.891. The highest BCUT2D eigenvalue weighted by Gasteiger charge is 2.19. The summed E-state index contributed by atoms with van der Waals surface area (Å²) < 4.78 is 0. The number of hydrogen-bond donors (Lipinski definition) is 2. The number of carbonyl (C=O) groups is 1. The van der Waals surface area contributed by atoms with Crippen molar-refractivity contribution < 1.29 is 4.79 Å². The van der Waals surface area contributed by atoms with Crippen LogP contribution in [0.3, 0.4) is 0 Å². The molecule has 4 heteroatoms. The molecule has 104 valence electrons. The summed E-state index contributed by atoms with van der Waals surface area (Å²) in [5.41, 5.74) is 8.57. The van der Waals surface area contributed by atoms with Crippen LogP contribution in [0.4, 0.5) is 0 Å². The summed E-state index contributed by atoms with van der Waals surface area (Å²) in [5.74, 6) is -0.192. The second-order valence-electron chi connectivity index (χ2n) is 4.90. The first-order chi connectivity index (χ1) is 9.58. The van der Waals surface area contributed by atoms with E-state index in [2.05, 4.69) is 10.3 Å². The van der Waals surface area contributed by atoms with Crippen molar-refractivity contribution in [2.24, 2.45) is 5.73 Å². The van der Waals surface area contributed by atoms with Crippen LogP contribution in [0.2, 0.25) is 0 Å². The maximum Gasteiger partial charge on any atom is 0.237 e. The van der Waals surface area contributed by atoms with Gasteiger partial charge >= 0.3 is 0 Å². The molecule has 1 aromatic carbocycles. The van der Waals surface area contributed by atoms with Crippen molar-refractivity contribution in [2.45, 2.75) is 25.9 Å². The number of pyridine rings is 1. The van der Waals surface area contributed by atoms with Gasteiger partial charge in [-0.05, 0) is 31.5 Å². The lowest BCUT2D eigenvalue weighted by Crippen LogP contribution is -2.40. The van der Waals surface area contributed by atoms with Crippen LogP contribution in [-0.4, -0.2) is 16.9 Å². The summed E-state index contributed by atoms with van der Waals surface area (Å²) in [6.07, 6.45) is 1.72. The van der Waals surface area contributed by atoms with Crippen molar-refractivity contribution in [3.8, 4) is 0 Å². The Morgan fingerprint density at radius 2 is 2.05 bits per heavy atom. The van der Waals surface area contributed by atoms with Crippen molar-refractivity contribution >= 4 is 5.91 Å². The van der Waals surface area contributed by atoms with E-state index < -0.39 is 6.04 Å². The largest absolute Gasteiger partial charge is 0.342 e. The first-order valence-corrected chi connectivity index (χ1v) is 6.61. The van der Waals surface area contributed by atoms with E-state index in [4.69, 9.17) is 5.73 Å². The molecule has 20 heavy (non-hydrogen) atoms. The fourth-order valence-electron chi connectivity index (χ4n) is 2.00. The highest BCUT2D eigenvalue weighted by Crippen LogP contribution is 2.21. The lowest BCUT2D eigenvalue weighted by atomic mass is 10.0. The Bertz CT molecular complexity index is 581. The van der Waals surface area contributed by atoms with Gasteiger partial charge in [0, 0.05) is 6.20 Å². The van der Waals surface area contributed by atoms with Gasteiger partial charge < -0.3 is 11.1 Å². The zero-order valence-corrected chi connectivity index (χ0v) is 11.7. The van der Waals surface area contributed by atoms with Crippen LogP contribution < -0.4 is 11.1 Å². The second-order valence-corrected chi connectivity index (χ2v) is 4.90. The number of nitrogens with one attached hydrogen (secondary N) is 1. The Morgan fingerprint density at radius 1 is 1.25 bits per heavy atom. The molecule has 2 atom stereocenters. The maximum atomic E-state index is 11.9. The minimum absolute atomic E-state index is 0.192. The Balaban J connectivity index is 2.37. The Labute approximate surface area is 119 Å². The summed E-state index contributed by atoms with van der Waals surface area (Å²) >= 11 is 0. The molecule has 4 nitrogen and oxygen atoms in total. The number of hydrogen-bond acceptors (Lipinski definition) is 3. The fraction of sp³-hybridized carbons (Fsp3) is 0.250. The van der Waals surface area contributed by atoms with Crippen molar-refractivity contribution in [2.75, 3.05) is 0 Å². The van der Waals surface area contributed by atoms with Crippen LogP contribution in [0.15, 0.2) is 48.7 Å². The van der Waals surface area contributed by atoms with Gasteiger partial charge in [-0.1, -0.05) is 35.9 Å². The smallest absolute Gasteiger partial charge is 0.237 e. The van der Waals surface area contributed by atoms with Gasteiger partial charge in [0.2, 0.25) is 5.91 Å². The molecule has 0 saturated heterocycles. The number of aryl methyl sites for hydroxylation is 1. The molecule has 1 amide bonds. The number of rotatable bonds is 4. The van der Waals surface area contributed by atoms with Crippen LogP contribution in [0, 0.1) is 6.92 Å². The average Bonchev–Trinajstić information content (AvgIpc) is 2.45. The second kappa shape index (κ2) is 6.30. The molecule has 2 aromatic rings. The van der Waals surface area contributed by atoms with Crippen molar-refractivity contribution in [3.63, 3.8) is 0 Å². The van der Waals surface area contributed by atoms with E-state index in [9.17, 15) is 4.79 Å². The van der Waals surface area contributed by atoms with Gasteiger partial charge in [0.15, 0.2) is 0 Å². The molecular formula is C16H19N3O. The highest BCUT2D eigenvalue weighted by atomic mass is 16.2. The topological polar surface area (TPSA) is 68.0 Å². The molecule has 0 saturated carbocycles. The third-order valence-electron chi connectivity index (χ3n) is 3.06. The number of nitrogens with two attached hydrogens (primary N) is 1. The van der Waals surface area contributed by atoms with E-state index in [0.717, 1.165) is 16.8 Å². The molecule has 2 unspecified atom stereocenters. The monoisotopic (exact) mass is 269 g/mol. The van der Waals surface area contributed by atoms with Crippen molar-refractivity contribution in [1.29, 1.82) is 0 Å². The van der Waals surface area contributed by atoms with Gasteiger partial charge in [-0.15, -0.1) is 0 Å². The summed E-state index contributed by atoms with van der Waals surface area (Å²) in [7, 11) is 0. The molecule has 0 bridgehead atoms. The molecular weight excluding hydrogens is 250 g/mol. The number of amides is 1. The number of carbonyl (C=O) groups excluding carboxylic acids is 1. The molecule has 0 aliphatic rings. The van der Waals surface area contributed by atoms with Crippen molar-refractivity contribution in [1.82, 2.24) is 10.3 Å². The molecule has 0 aliphatic carbocycles. The predicted octanol–water partition coefficient (Wildman–Crippen LogP) is 1.94. The third-order valence-corrected chi connectivity index (χ3v) is 3.06. The van der Waals surface area contributed by atoms with Crippen molar-refractivity contribution in [3.05, 3.63) is 65.5 Å². The Kier molecular flexibility index (Phi) is 4.48. The minimum atomic E-state index is -0.550. The predicted molar refractivity (Wildman–Crippen MR) is 79.1 cm³/mol. The molecule has 0 aliphatic heterocycles. The van der Waals surface area contributed by atoms with Gasteiger partial charge in [0.1, 0.15) is 0 Å². The van der Waals surface area contributed by atoms with Gasteiger partial charge in [-0.2, -0.15) is 0 Å². The molecule has 0 spiro atoms. The number of nitrogens with zero attached hydrogens (tertiary/aromatic N) is 1. The average molecular weight is 269 g/mol. The number of benzene rings is 1. The zero-order valence-electron chi connectivity index (χ0n) is 11.7. The van der Waals surface area contributed by atoms with Gasteiger partial charge in [0.05, 0.1) is 17.8 Å². The summed E-state index contributed by atoms with van der Waals surface area (Å²) in [5, 5.41) is 2.95. The molecule has 1 heterocycles. The highest BCUT2D eigenvalue weighted by molar-refractivity contribution is 5.81. The summed E-state index contributed by atoms with van der Waals surface area (Å²) in [6, 6.07) is 12.8. The van der Waals surface area contributed by atoms with E-state index in [-0.39, 0.29) is 11.9 Å². The lowest BCUT2D eigenvalue weighted by molar-refractivity contribution is -0.122. The zero-order chi connectivity index (χ0) is 14.5. The summed E-state index contributed by atoms with van der Waals surface area (Å²) in [6.45, 7) is 3.69. The SMILES string of the molecule is Cc1cccc(C(NC(=O)C(C)N)c2ccccn2)c1. The van der Waals surface area contributed by atoms with Crippen LogP contribution >= 0.6 is 0 Å². The van der Waals surface area contributed by atoms with Gasteiger partial charge in [-0.3, -0.25) is 9.78 Å². The maximum absolute atomic E-state index is 11.9. The first kappa shape index (κ1) is 14.2. The summed E-state index contributed by atoms with van der Waals surface area (Å²) in [4.78, 5) is 16.3. The normalized spacial score (nSPS) is 13.6. The van der Waals surface area contributed by atoms with Gasteiger partial charge in [-0.25, -0.2) is 0 Å². The molecule has 2 rings (SSSR count). The van der Waals surface area contributed by atoms with Crippen LogP contribution in [-0.2, 0) is 4.79 Å². The van der Waals surface area contributed by atoms with Crippen LogP contribution in [0.25, 0.3) is 0 Å². The molecule has 0 radical (unpaired) electrons. The third kappa shape index (κ3) is 3.42. The Morgan fingerprint density at radius 3 is 2.65 bits per heavy atom. The molecule has 1 aromatic heterocycles. The lowest BCUT2D eigenvalue weighted by Gasteiger charge is -2.20. The fourth-order valence-corrected chi connectivity index (χ4v) is 2.00. The van der Waals surface area contributed by atoms with E-state index >= 15 is 0 Å². The molecule has 3 N–H and O–H groups in total. The minimum Gasteiger partial charge on any atom is -0.342 e. The standard InChI is InChI=1S/C16H19N3O/c1-11-6-5-7-13(10-11)15(19-16(20)12(2)17)14-8-3-4-9-18-14/h3-10,12,15H,17H2,1-2H3,(H,19,20). The molecule has 0 fully saturated rings. The van der Waals surface area contributed by atoms with Crippen LogP contribution in [0.5, 0.6) is 0 Å². The Hall–Kier alpha value is -2.20. The van der Waals surface area contributed by atoms with E-state index in [1.54, 1.807) is 13.1 Å². The van der Waals surface area contributed by atoms with E-state index in [1.165, 1.54) is 0 Å². The number of aromatic nitrogens is 1. The van der Waals surface area contributed by atoms with Gasteiger partial charge in [0.25, 0.3) is 0 Å². The van der Waals surface area contributed by atoms with E-state index in [1.807, 2.05) is 49.4 Å². The first-order valence-electron chi connectivity index (χ1n) is 6.61. The van der Waals surface area contributed by atoms with Crippen LogP contribution in [0.1, 0.15) is 29.8 Å².